The van der Waals surface area contributed by atoms with Crippen LogP contribution in [0.2, 0.25) is 0 Å². The van der Waals surface area contributed by atoms with Crippen molar-refractivity contribution in [1.82, 2.24) is 0 Å². The number of anilines is 1. The van der Waals surface area contributed by atoms with E-state index in [0.717, 1.165) is 0 Å². The third-order valence-electron chi connectivity index (χ3n) is 1.55. The second-order valence-electron chi connectivity index (χ2n) is 2.30. The summed E-state index contributed by atoms with van der Waals surface area (Å²) in [5, 5.41) is 2.41. The van der Waals surface area contributed by atoms with Gasteiger partial charge in [0.1, 0.15) is 0 Å². The number of carbonyl (C=O) groups excluding carboxylic acids is 2. The number of nitrogens with one attached hydrogen (secondary N) is 1. The van der Waals surface area contributed by atoms with Gasteiger partial charge in [0.25, 0.3) is 0 Å². The van der Waals surface area contributed by atoms with Crippen LogP contribution in [0.25, 0.3) is 0 Å². The molecule has 0 atom stereocenters. The van der Waals surface area contributed by atoms with Gasteiger partial charge in [-0.05, 0) is 12.1 Å². The Morgan fingerprint density at radius 1 is 1.43 bits per heavy atom. The Hall–Kier alpha value is -0.840. The molecule has 0 saturated heterocycles. The first kappa shape index (κ1) is 13.2. The number of ether oxygens (including phenoxy) is 1. The Labute approximate surface area is 104 Å². The van der Waals surface area contributed by atoms with E-state index in [9.17, 15) is 9.59 Å². The molecule has 14 heavy (non-hydrogen) atoms. The van der Waals surface area contributed by atoms with E-state index in [1.54, 1.807) is 24.3 Å². The van der Waals surface area contributed by atoms with Gasteiger partial charge in [-0.3, -0.25) is 4.79 Å². The van der Waals surface area contributed by atoms with Crippen LogP contribution in [0.3, 0.4) is 0 Å². The second-order valence-corrected chi connectivity index (χ2v) is 2.30. The Kier molecular flexibility index (Phi) is 6.19. The average Bonchev–Trinajstić information content (AvgIpc) is 2.18. The Morgan fingerprint density at radius 3 is 2.64 bits per heavy atom. The van der Waals surface area contributed by atoms with Crippen molar-refractivity contribution in [2.45, 2.75) is 0 Å². The average molecular weight is 203 g/mol. The number of amides is 1. The van der Waals surface area contributed by atoms with Gasteiger partial charge in [-0.2, -0.15) is 0 Å². The fourth-order valence-corrected chi connectivity index (χ4v) is 0.960. The van der Waals surface area contributed by atoms with Crippen LogP contribution >= 0.6 is 0 Å². The van der Waals surface area contributed by atoms with Gasteiger partial charge in [0, 0.05) is 0 Å². The van der Waals surface area contributed by atoms with Crippen molar-refractivity contribution in [3.63, 3.8) is 0 Å². The van der Waals surface area contributed by atoms with Crippen molar-refractivity contribution < 1.29 is 14.3 Å². The van der Waals surface area contributed by atoms with Crippen LogP contribution in [-0.2, 0) is 9.53 Å². The summed E-state index contributed by atoms with van der Waals surface area (Å²) in [6.07, 6.45) is 0.516. The van der Waals surface area contributed by atoms with Gasteiger partial charge >= 0.3 is 35.5 Å². The first-order valence-electron chi connectivity index (χ1n) is 3.67. The first-order valence-corrected chi connectivity index (χ1v) is 3.67. The van der Waals surface area contributed by atoms with Crippen LogP contribution in [0.15, 0.2) is 24.3 Å². The molecule has 0 radical (unpaired) electrons. The molecule has 0 unspecified atom stereocenters. The van der Waals surface area contributed by atoms with E-state index >= 15 is 0 Å². The molecule has 0 aliphatic carbocycles. The predicted molar refractivity (Wildman–Crippen MR) is 54.6 cm³/mol. The van der Waals surface area contributed by atoms with Gasteiger partial charge < -0.3 is 10.1 Å². The maximum atomic E-state index is 11.1. The summed E-state index contributed by atoms with van der Waals surface area (Å²) >= 11 is 0. The number of hydrogen-bond acceptors (Lipinski definition) is 3. The maximum absolute atomic E-state index is 11.1. The summed E-state index contributed by atoms with van der Waals surface area (Å²) < 4.78 is 4.53. The number of esters is 1. The zero-order chi connectivity index (χ0) is 9.68. The van der Waals surface area contributed by atoms with Crippen LogP contribution in [0.1, 0.15) is 10.4 Å². The summed E-state index contributed by atoms with van der Waals surface area (Å²) in [7, 11) is 1.29. The summed E-state index contributed by atoms with van der Waals surface area (Å²) in [6, 6.07) is 6.62. The number of benzene rings is 1. The fraction of sp³-hybridized carbons (Fsp3) is 0.111. The van der Waals surface area contributed by atoms with Crippen molar-refractivity contribution in [3.8, 4) is 0 Å². The number of hydrogen-bond donors (Lipinski definition) is 1. The van der Waals surface area contributed by atoms with Crippen LogP contribution in [-0.4, -0.2) is 49.0 Å². The van der Waals surface area contributed by atoms with Crippen LogP contribution < -0.4 is 5.32 Å². The van der Waals surface area contributed by atoms with Crippen molar-refractivity contribution in [2.75, 3.05) is 12.4 Å². The molecule has 0 saturated carbocycles. The minimum absolute atomic E-state index is 0. The first-order chi connectivity index (χ1) is 6.29. The topological polar surface area (TPSA) is 55.4 Å². The standard InChI is InChI=1S/C9H9NO3.Na.H/c1-13-9(12)7-4-2-3-5-8(7)10-6-11;;/h2-6H,1H3,(H,10,11);;. The molecule has 0 fully saturated rings. The van der Waals surface area contributed by atoms with Crippen molar-refractivity contribution >= 4 is 47.6 Å². The molecule has 0 aliphatic heterocycles. The predicted octanol–water partition coefficient (Wildman–Crippen LogP) is 0.393. The summed E-state index contributed by atoms with van der Waals surface area (Å²) in [5.41, 5.74) is 0.793. The molecular formula is C9H10NNaO3. The summed E-state index contributed by atoms with van der Waals surface area (Å²) in [5.74, 6) is -0.468. The van der Waals surface area contributed by atoms with Gasteiger partial charge in [0.15, 0.2) is 0 Å². The molecule has 0 bridgehead atoms. The Balaban J connectivity index is 0.00000169. The minimum atomic E-state index is -0.468. The molecular weight excluding hydrogens is 193 g/mol. The molecule has 4 nitrogen and oxygen atoms in total. The molecule has 1 aromatic carbocycles. The molecule has 1 aromatic rings. The van der Waals surface area contributed by atoms with Crippen LogP contribution in [0, 0.1) is 0 Å². The van der Waals surface area contributed by atoms with Gasteiger partial charge in [0.05, 0.1) is 18.4 Å². The normalized spacial score (nSPS) is 8.36. The number of methoxy groups -OCH3 is 1. The van der Waals surface area contributed by atoms with Crippen LogP contribution in [0.5, 0.6) is 0 Å². The third kappa shape index (κ3) is 3.14. The molecule has 0 heterocycles. The monoisotopic (exact) mass is 203 g/mol. The zero-order valence-electron chi connectivity index (χ0n) is 7.11. The van der Waals surface area contributed by atoms with E-state index in [1.165, 1.54) is 7.11 Å². The fourth-order valence-electron chi connectivity index (χ4n) is 0.960. The van der Waals surface area contributed by atoms with Gasteiger partial charge in [-0.15, -0.1) is 0 Å². The van der Waals surface area contributed by atoms with E-state index in [-0.39, 0.29) is 29.6 Å². The van der Waals surface area contributed by atoms with E-state index in [2.05, 4.69) is 10.1 Å². The van der Waals surface area contributed by atoms with Gasteiger partial charge in [-0.25, -0.2) is 4.79 Å². The molecule has 1 amide bonds. The molecule has 0 aromatic heterocycles. The molecule has 0 aliphatic rings. The van der Waals surface area contributed by atoms with Gasteiger partial charge in [0.2, 0.25) is 6.41 Å². The summed E-state index contributed by atoms with van der Waals surface area (Å²) in [4.78, 5) is 21.3. The molecule has 70 valence electrons. The van der Waals surface area contributed by atoms with E-state index in [1.807, 2.05) is 0 Å². The quantitative estimate of drug-likeness (QED) is 0.439. The Bertz CT molecular complexity index is 328. The number of para-hydroxylation sites is 1. The van der Waals surface area contributed by atoms with E-state index in [4.69, 9.17) is 0 Å². The van der Waals surface area contributed by atoms with Gasteiger partial charge in [-0.1, -0.05) is 12.1 Å². The molecule has 0 spiro atoms. The van der Waals surface area contributed by atoms with Crippen molar-refractivity contribution in [1.29, 1.82) is 0 Å². The molecule has 5 heteroatoms. The SMILES string of the molecule is COC(=O)c1ccccc1NC=O.[NaH]. The summed E-state index contributed by atoms with van der Waals surface area (Å²) in [6.45, 7) is 0. The van der Waals surface area contributed by atoms with E-state index in [0.29, 0.717) is 17.7 Å². The zero-order valence-corrected chi connectivity index (χ0v) is 7.11. The number of carbonyl (C=O) groups is 2. The van der Waals surface area contributed by atoms with E-state index < -0.39 is 5.97 Å². The number of rotatable bonds is 3. The molecule has 1 N–H and O–H groups in total. The van der Waals surface area contributed by atoms with Crippen molar-refractivity contribution in [3.05, 3.63) is 29.8 Å². The molecule has 1 rings (SSSR count). The Morgan fingerprint density at radius 2 is 2.07 bits per heavy atom. The van der Waals surface area contributed by atoms with Crippen LogP contribution in [0.4, 0.5) is 5.69 Å². The third-order valence-corrected chi connectivity index (χ3v) is 1.55. The second kappa shape index (κ2) is 6.59. The van der Waals surface area contributed by atoms with Crippen molar-refractivity contribution in [2.24, 2.45) is 0 Å².